The van der Waals surface area contributed by atoms with E-state index in [1.807, 2.05) is 24.3 Å². The fraction of sp³-hybridized carbons (Fsp3) is 0.333. The molecule has 24 heavy (non-hydrogen) atoms. The molecule has 128 valence electrons. The molecular weight excluding hydrogens is 308 g/mol. The minimum absolute atomic E-state index is 0.241. The van der Waals surface area contributed by atoms with Gasteiger partial charge in [-0.25, -0.2) is 5.21 Å². The predicted molar refractivity (Wildman–Crippen MR) is 90.1 cm³/mol. The lowest BCUT2D eigenvalue weighted by Gasteiger charge is -2.17. The van der Waals surface area contributed by atoms with Crippen LogP contribution >= 0.6 is 0 Å². The molecule has 1 aliphatic rings. The fourth-order valence-electron chi connectivity index (χ4n) is 3.11. The van der Waals surface area contributed by atoms with Crippen molar-refractivity contribution < 1.29 is 20.3 Å². The molecule has 0 bridgehead atoms. The third-order valence-corrected chi connectivity index (χ3v) is 4.34. The number of methoxy groups -OCH3 is 1. The molecule has 0 spiro atoms. The summed E-state index contributed by atoms with van der Waals surface area (Å²) in [4.78, 5) is 2.21. The molecule has 1 heterocycles. The van der Waals surface area contributed by atoms with Gasteiger partial charge in [-0.1, -0.05) is 18.2 Å². The Balaban J connectivity index is 1.91. The first-order valence-corrected chi connectivity index (χ1v) is 7.98. The van der Waals surface area contributed by atoms with E-state index in [9.17, 15) is 15.5 Å². The van der Waals surface area contributed by atoms with E-state index in [-0.39, 0.29) is 11.8 Å². The molecule has 1 fully saturated rings. The first-order valence-electron chi connectivity index (χ1n) is 7.98. The summed E-state index contributed by atoms with van der Waals surface area (Å²) in [7, 11) is 1.61. The first kappa shape index (κ1) is 16.9. The van der Waals surface area contributed by atoms with Crippen molar-refractivity contribution in [3.05, 3.63) is 53.2 Å². The van der Waals surface area contributed by atoms with Crippen molar-refractivity contribution in [2.45, 2.75) is 19.1 Å². The molecule has 0 amide bonds. The van der Waals surface area contributed by atoms with Gasteiger partial charge >= 0.3 is 0 Å². The van der Waals surface area contributed by atoms with Gasteiger partial charge in [0.05, 0.1) is 13.2 Å². The highest BCUT2D eigenvalue weighted by molar-refractivity contribution is 5.73. The Bertz CT molecular complexity index is 705. The lowest BCUT2D eigenvalue weighted by atomic mass is 10.0. The second-order valence-electron chi connectivity index (χ2n) is 6.10. The van der Waals surface area contributed by atoms with Gasteiger partial charge in [-0.3, -0.25) is 4.90 Å². The van der Waals surface area contributed by atoms with E-state index in [1.165, 1.54) is 0 Å². The molecule has 3 N–H and O–H groups in total. The number of hydrogen-bond acceptors (Lipinski definition) is 5. The maximum absolute atomic E-state index is 11.2. The largest absolute Gasteiger partial charge is 0.595 e. The van der Waals surface area contributed by atoms with Crippen molar-refractivity contribution in [2.75, 3.05) is 20.2 Å². The van der Waals surface area contributed by atoms with Crippen LogP contribution in [0.15, 0.2) is 42.5 Å². The van der Waals surface area contributed by atoms with E-state index in [1.54, 1.807) is 25.3 Å². The maximum atomic E-state index is 11.2. The Morgan fingerprint density at radius 1 is 1.29 bits per heavy atom. The lowest BCUT2D eigenvalue weighted by Crippen LogP contribution is -2.99. The SMILES string of the molecule is COc1ccc(CN2CC[C@@H](O)C2)cc1-c1cccc([NH+]([O-])O)c1. The Hall–Kier alpha value is -1.96. The molecule has 0 radical (unpaired) electrons. The number of nitrogens with zero attached hydrogens (tertiary/aromatic N) is 1. The van der Waals surface area contributed by atoms with Crippen LogP contribution in [0.4, 0.5) is 5.69 Å². The second kappa shape index (κ2) is 7.29. The highest BCUT2D eigenvalue weighted by Crippen LogP contribution is 2.32. The van der Waals surface area contributed by atoms with Gasteiger partial charge in [-0.2, -0.15) is 5.23 Å². The van der Waals surface area contributed by atoms with Crippen molar-refractivity contribution in [3.63, 3.8) is 0 Å². The van der Waals surface area contributed by atoms with Gasteiger partial charge in [0.1, 0.15) is 5.75 Å². The number of rotatable bonds is 5. The van der Waals surface area contributed by atoms with Gasteiger partial charge < -0.3 is 15.1 Å². The molecule has 0 aromatic heterocycles. The van der Waals surface area contributed by atoms with E-state index < -0.39 is 5.23 Å². The zero-order valence-corrected chi connectivity index (χ0v) is 13.6. The topological polar surface area (TPSA) is 80.4 Å². The van der Waals surface area contributed by atoms with E-state index in [2.05, 4.69) is 4.90 Å². The van der Waals surface area contributed by atoms with Gasteiger partial charge in [0.15, 0.2) is 5.69 Å². The number of likely N-dealkylation sites (tertiary alicyclic amines) is 1. The Labute approximate surface area is 141 Å². The average molecular weight is 330 g/mol. The summed E-state index contributed by atoms with van der Waals surface area (Å²) >= 11 is 0. The van der Waals surface area contributed by atoms with E-state index in [4.69, 9.17) is 4.74 Å². The number of hydrogen-bond donors (Lipinski definition) is 3. The Kier molecular flexibility index (Phi) is 5.13. The quantitative estimate of drug-likeness (QED) is 0.721. The van der Waals surface area contributed by atoms with Crippen LogP contribution in [0.1, 0.15) is 12.0 Å². The minimum Gasteiger partial charge on any atom is -0.595 e. The fourth-order valence-corrected chi connectivity index (χ4v) is 3.11. The summed E-state index contributed by atoms with van der Waals surface area (Å²) < 4.78 is 5.44. The van der Waals surface area contributed by atoms with Gasteiger partial charge in [-0.15, -0.1) is 0 Å². The molecule has 2 aromatic rings. The van der Waals surface area contributed by atoms with E-state index in [0.29, 0.717) is 12.3 Å². The van der Waals surface area contributed by atoms with Gasteiger partial charge in [0.25, 0.3) is 0 Å². The normalized spacial score (nSPS) is 19.4. The number of quaternary nitrogens is 1. The molecule has 1 aliphatic heterocycles. The van der Waals surface area contributed by atoms with Gasteiger partial charge in [0, 0.05) is 37.3 Å². The average Bonchev–Trinajstić information content (AvgIpc) is 2.99. The highest BCUT2D eigenvalue weighted by atomic mass is 16.8. The van der Waals surface area contributed by atoms with E-state index in [0.717, 1.165) is 36.2 Å². The van der Waals surface area contributed by atoms with Crippen LogP contribution in [0, 0.1) is 5.21 Å². The molecular formula is C18H22N2O4. The summed E-state index contributed by atoms with van der Waals surface area (Å²) in [6.07, 6.45) is 0.568. The zero-order valence-electron chi connectivity index (χ0n) is 13.6. The summed E-state index contributed by atoms with van der Waals surface area (Å²) in [6, 6.07) is 12.8. The first-order chi connectivity index (χ1) is 11.6. The van der Waals surface area contributed by atoms with Crippen molar-refractivity contribution in [3.8, 4) is 16.9 Å². The second-order valence-corrected chi connectivity index (χ2v) is 6.10. The Morgan fingerprint density at radius 2 is 2.12 bits per heavy atom. The van der Waals surface area contributed by atoms with Crippen molar-refractivity contribution in [2.24, 2.45) is 0 Å². The summed E-state index contributed by atoms with van der Waals surface area (Å²) in [5, 5.41) is 29.1. The van der Waals surface area contributed by atoms with Crippen LogP contribution in [0.3, 0.4) is 0 Å². The molecule has 1 unspecified atom stereocenters. The smallest absolute Gasteiger partial charge is 0.164 e. The van der Waals surface area contributed by atoms with Crippen molar-refractivity contribution in [1.82, 2.24) is 4.90 Å². The minimum atomic E-state index is -0.946. The zero-order chi connectivity index (χ0) is 17.1. The van der Waals surface area contributed by atoms with Crippen LogP contribution in [-0.4, -0.2) is 41.5 Å². The number of β-amino-alcohol motifs (C(OH)–C–C–N with tert-alkyl or cyclic N) is 1. The maximum Gasteiger partial charge on any atom is 0.164 e. The molecule has 2 aromatic carbocycles. The third kappa shape index (κ3) is 3.75. The molecule has 3 rings (SSSR count). The summed E-state index contributed by atoms with van der Waals surface area (Å²) in [5.41, 5.74) is 3.05. The van der Waals surface area contributed by atoms with Crippen LogP contribution in [0.5, 0.6) is 5.75 Å². The molecule has 6 nitrogen and oxygen atoms in total. The van der Waals surface area contributed by atoms with Gasteiger partial charge in [-0.05, 0) is 29.7 Å². The molecule has 6 heteroatoms. The summed E-state index contributed by atoms with van der Waals surface area (Å²) in [6.45, 7) is 2.33. The molecule has 2 atom stereocenters. The van der Waals surface area contributed by atoms with Crippen LogP contribution in [-0.2, 0) is 6.54 Å². The van der Waals surface area contributed by atoms with Crippen molar-refractivity contribution >= 4 is 5.69 Å². The number of nitrogens with one attached hydrogen (secondary N) is 1. The monoisotopic (exact) mass is 330 g/mol. The van der Waals surface area contributed by atoms with Crippen LogP contribution in [0.25, 0.3) is 11.1 Å². The number of aliphatic hydroxyl groups excluding tert-OH is 1. The molecule has 0 saturated carbocycles. The highest BCUT2D eigenvalue weighted by Gasteiger charge is 2.20. The molecule has 1 saturated heterocycles. The van der Waals surface area contributed by atoms with Gasteiger partial charge in [0.2, 0.25) is 0 Å². The number of ether oxygens (including phenoxy) is 1. The molecule has 0 aliphatic carbocycles. The number of aliphatic hydroxyl groups is 1. The van der Waals surface area contributed by atoms with Crippen molar-refractivity contribution in [1.29, 1.82) is 0 Å². The Morgan fingerprint density at radius 3 is 2.79 bits per heavy atom. The predicted octanol–water partition coefficient (Wildman–Crippen LogP) is 1.33. The summed E-state index contributed by atoms with van der Waals surface area (Å²) in [5.74, 6) is 0.711. The third-order valence-electron chi connectivity index (χ3n) is 4.34. The van der Waals surface area contributed by atoms with Crippen LogP contribution < -0.4 is 9.96 Å². The lowest BCUT2D eigenvalue weighted by molar-refractivity contribution is -0.991. The van der Waals surface area contributed by atoms with E-state index >= 15 is 0 Å². The number of benzene rings is 2. The standard InChI is InChI=1S/C18H22N2O4/c1-24-18-6-5-13(11-19-8-7-16(21)12-19)9-17(18)14-3-2-4-15(10-14)20(22)23/h2-6,9-10,16,20-22H,7-8,11-12H2,1H3/t16-/m1/s1. The van der Waals surface area contributed by atoms with Crippen LogP contribution in [0.2, 0.25) is 0 Å².